The molecule has 0 radical (unpaired) electrons. The van der Waals surface area contributed by atoms with Crippen LogP contribution in [0.1, 0.15) is 19.4 Å². The number of allylic oxidation sites excluding steroid dienone is 1. The number of halogens is 6. The van der Waals surface area contributed by atoms with Crippen LogP contribution in [0.4, 0.5) is 32.0 Å². The second-order valence-electron chi connectivity index (χ2n) is 11.2. The Morgan fingerprint density at radius 1 is 1.10 bits per heavy atom. The molecule has 1 N–H and O–H groups in total. The lowest BCUT2D eigenvalue weighted by atomic mass is 9.96. The maximum absolute atomic E-state index is 15.1. The molecule has 1 atom stereocenters. The molecule has 5 rings (SSSR count). The van der Waals surface area contributed by atoms with Crippen molar-refractivity contribution in [3.05, 3.63) is 96.3 Å². The van der Waals surface area contributed by atoms with Crippen molar-refractivity contribution in [3.63, 3.8) is 0 Å². The maximum atomic E-state index is 15.1. The molecule has 0 amide bonds. The van der Waals surface area contributed by atoms with Crippen LogP contribution in [-0.2, 0) is 16.4 Å². The van der Waals surface area contributed by atoms with E-state index in [0.717, 1.165) is 24.5 Å². The third-order valence-corrected chi connectivity index (χ3v) is 9.09. The third kappa shape index (κ3) is 6.49. The molecular weight excluding hydrogens is 664 g/mol. The SMILES string of the molecule is C=C(C)N(/C=C1\N(C)C(C)C1(F)F)c1ccc(-c2cc(F)c(CO)c(S(C)(=O)=O)c2)cc1-n1nncc1-c1ccc(OC(F)(F)F)cc1. The Morgan fingerprint density at radius 2 is 1.75 bits per heavy atom. The summed E-state index contributed by atoms with van der Waals surface area (Å²) < 4.78 is 113. The highest BCUT2D eigenvalue weighted by atomic mass is 32.2. The van der Waals surface area contributed by atoms with Crippen molar-refractivity contribution >= 4 is 15.5 Å². The Bertz CT molecular complexity index is 2030. The topological polar surface area (TPSA) is 101 Å². The number of alkyl halides is 5. The molecule has 1 aliphatic rings. The smallest absolute Gasteiger partial charge is 0.406 e. The fourth-order valence-corrected chi connectivity index (χ4v) is 6.25. The molecule has 1 aromatic heterocycles. The number of nitrogens with zero attached hydrogens (tertiary/aromatic N) is 5. The molecule has 0 spiro atoms. The quantitative estimate of drug-likeness (QED) is 0.194. The number of ether oxygens (including phenoxy) is 1. The van der Waals surface area contributed by atoms with Crippen LogP contribution in [0.2, 0.25) is 0 Å². The van der Waals surface area contributed by atoms with Crippen LogP contribution in [-0.4, -0.2) is 65.0 Å². The van der Waals surface area contributed by atoms with Gasteiger partial charge in [-0.15, -0.1) is 18.3 Å². The Kier molecular flexibility index (Phi) is 8.86. The summed E-state index contributed by atoms with van der Waals surface area (Å²) in [6, 6.07) is 10.6. The molecule has 1 aliphatic heterocycles. The summed E-state index contributed by atoms with van der Waals surface area (Å²) in [5.74, 6) is -4.60. The second-order valence-corrected chi connectivity index (χ2v) is 13.2. The standard InChI is InChI=1S/C32H29F6N5O4S/c1-18(2)42(16-30-31(34,35)19(3)41(30)4)26-11-8-21(22-12-25(33)24(17-44)29(14-22)48(5,45)46)13-27(26)43-28(15-39-40-43)20-6-9-23(10-7-20)47-32(36,37)38/h6-16,19,44H,1,17H2,2-5H3/b30-16-. The average molecular weight is 694 g/mol. The van der Waals surface area contributed by atoms with Gasteiger partial charge in [0.15, 0.2) is 9.84 Å². The summed E-state index contributed by atoms with van der Waals surface area (Å²) in [7, 11) is -2.47. The predicted octanol–water partition coefficient (Wildman–Crippen LogP) is 6.69. The van der Waals surface area contributed by atoms with E-state index < -0.39 is 56.8 Å². The molecule has 3 aromatic carbocycles. The molecule has 1 fully saturated rings. The maximum Gasteiger partial charge on any atom is 0.573 e. The number of sulfone groups is 1. The number of aliphatic hydroxyl groups is 1. The van der Waals surface area contributed by atoms with Gasteiger partial charge in [-0.1, -0.05) is 17.9 Å². The number of hydrogen-bond acceptors (Lipinski definition) is 8. The van der Waals surface area contributed by atoms with Gasteiger partial charge in [-0.05, 0) is 73.5 Å². The van der Waals surface area contributed by atoms with Gasteiger partial charge in [0.05, 0.1) is 40.8 Å². The van der Waals surface area contributed by atoms with Crippen LogP contribution in [0.5, 0.6) is 5.75 Å². The molecule has 0 saturated carbocycles. The third-order valence-electron chi connectivity index (χ3n) is 7.93. The Hall–Kier alpha value is -4.83. The molecule has 2 heterocycles. The summed E-state index contributed by atoms with van der Waals surface area (Å²) >= 11 is 0. The molecule has 1 saturated heterocycles. The molecule has 9 nitrogen and oxygen atoms in total. The highest BCUT2D eigenvalue weighted by molar-refractivity contribution is 7.90. The van der Waals surface area contributed by atoms with Crippen molar-refractivity contribution in [2.45, 2.75) is 43.7 Å². The largest absolute Gasteiger partial charge is 0.573 e. The summed E-state index contributed by atoms with van der Waals surface area (Å²) in [4.78, 5) is 2.37. The van der Waals surface area contributed by atoms with Gasteiger partial charge in [-0.2, -0.15) is 8.78 Å². The lowest BCUT2D eigenvalue weighted by Gasteiger charge is -2.48. The van der Waals surface area contributed by atoms with Crippen molar-refractivity contribution in [3.8, 4) is 33.8 Å². The van der Waals surface area contributed by atoms with Gasteiger partial charge < -0.3 is 19.6 Å². The molecule has 0 aliphatic carbocycles. The number of rotatable bonds is 9. The van der Waals surface area contributed by atoms with Crippen LogP contribution in [0.25, 0.3) is 28.1 Å². The van der Waals surface area contributed by atoms with Crippen LogP contribution in [0.15, 0.2) is 89.9 Å². The molecule has 48 heavy (non-hydrogen) atoms. The van der Waals surface area contributed by atoms with E-state index in [0.29, 0.717) is 11.3 Å². The fraction of sp³-hybridized carbons (Fsp3) is 0.250. The van der Waals surface area contributed by atoms with E-state index in [4.69, 9.17) is 0 Å². The van der Waals surface area contributed by atoms with Crippen molar-refractivity contribution < 1.29 is 44.6 Å². The van der Waals surface area contributed by atoms with Gasteiger partial charge in [-0.25, -0.2) is 17.5 Å². The molecule has 1 unspecified atom stereocenters. The molecule has 0 bridgehead atoms. The van der Waals surface area contributed by atoms with Crippen LogP contribution < -0.4 is 9.64 Å². The van der Waals surface area contributed by atoms with Crippen molar-refractivity contribution in [2.75, 3.05) is 18.2 Å². The van der Waals surface area contributed by atoms with Crippen LogP contribution in [0, 0.1) is 5.82 Å². The molecule has 254 valence electrons. The predicted molar refractivity (Wildman–Crippen MR) is 165 cm³/mol. The number of hydrogen-bond donors (Lipinski definition) is 1. The van der Waals surface area contributed by atoms with E-state index >= 15 is 4.39 Å². The number of anilines is 1. The normalized spacial score (nSPS) is 16.9. The fourth-order valence-electron chi connectivity index (χ4n) is 5.30. The van der Waals surface area contributed by atoms with Gasteiger partial charge in [0.25, 0.3) is 0 Å². The zero-order valence-corrected chi connectivity index (χ0v) is 26.7. The van der Waals surface area contributed by atoms with Crippen molar-refractivity contribution in [1.82, 2.24) is 19.9 Å². The zero-order chi connectivity index (χ0) is 35.3. The Morgan fingerprint density at radius 3 is 2.31 bits per heavy atom. The minimum absolute atomic E-state index is 0.104. The van der Waals surface area contributed by atoms with Gasteiger partial charge in [-0.3, -0.25) is 0 Å². The first-order valence-corrected chi connectivity index (χ1v) is 16.0. The zero-order valence-electron chi connectivity index (χ0n) is 25.9. The molecule has 16 heteroatoms. The monoisotopic (exact) mass is 693 g/mol. The first-order chi connectivity index (χ1) is 22.3. The van der Waals surface area contributed by atoms with Crippen molar-refractivity contribution in [1.29, 1.82) is 0 Å². The summed E-state index contributed by atoms with van der Waals surface area (Å²) in [6.45, 7) is 6.04. The van der Waals surface area contributed by atoms with E-state index in [2.05, 4.69) is 21.6 Å². The lowest BCUT2D eigenvalue weighted by Crippen LogP contribution is -2.59. The van der Waals surface area contributed by atoms with Gasteiger partial charge in [0.2, 0.25) is 0 Å². The second kappa shape index (κ2) is 12.3. The van der Waals surface area contributed by atoms with E-state index in [1.165, 1.54) is 77.2 Å². The first kappa shape index (κ1) is 34.5. The number of likely N-dealkylation sites (tertiary alicyclic amines) is 1. The number of aliphatic hydroxyl groups excluding tert-OH is 1. The minimum Gasteiger partial charge on any atom is -0.406 e. The number of aromatic nitrogens is 3. The molecule has 4 aromatic rings. The van der Waals surface area contributed by atoms with E-state index in [1.54, 1.807) is 6.92 Å². The highest BCUT2D eigenvalue weighted by Gasteiger charge is 2.55. The van der Waals surface area contributed by atoms with Gasteiger partial charge >= 0.3 is 12.3 Å². The number of benzene rings is 3. The van der Waals surface area contributed by atoms with Crippen LogP contribution >= 0.6 is 0 Å². The first-order valence-electron chi connectivity index (χ1n) is 14.2. The van der Waals surface area contributed by atoms with E-state index in [-0.39, 0.29) is 33.9 Å². The van der Waals surface area contributed by atoms with Crippen molar-refractivity contribution in [2.24, 2.45) is 0 Å². The summed E-state index contributed by atoms with van der Waals surface area (Å²) in [5, 5.41) is 17.8. The highest BCUT2D eigenvalue weighted by Crippen LogP contribution is 2.45. The summed E-state index contributed by atoms with van der Waals surface area (Å²) in [5.41, 5.74) is 1.03. The van der Waals surface area contributed by atoms with Crippen LogP contribution in [0.3, 0.4) is 0 Å². The molecular formula is C32H29F6N5O4S. The van der Waals surface area contributed by atoms with E-state index in [9.17, 15) is 35.5 Å². The van der Waals surface area contributed by atoms with E-state index in [1.807, 2.05) is 0 Å². The minimum atomic E-state index is -4.91. The Labute approximate surface area is 271 Å². The summed E-state index contributed by atoms with van der Waals surface area (Å²) in [6.07, 6.45) is -1.49. The average Bonchev–Trinajstić information content (AvgIpc) is 3.49. The van der Waals surface area contributed by atoms with Gasteiger partial charge in [0, 0.05) is 36.3 Å². The Balaban J connectivity index is 1.73. The lowest BCUT2D eigenvalue weighted by molar-refractivity contribution is -0.274. The van der Waals surface area contributed by atoms with Gasteiger partial charge in [0.1, 0.15) is 17.3 Å².